The first-order valence-corrected chi connectivity index (χ1v) is 10.4. The molecule has 2 aromatic heterocycles. The van der Waals surface area contributed by atoms with Crippen molar-refractivity contribution in [1.82, 2.24) is 0 Å². The number of benzene rings is 3. The third kappa shape index (κ3) is 4.92. The fourth-order valence-electron chi connectivity index (χ4n) is 3.41. The van der Waals surface area contributed by atoms with Gasteiger partial charge in [0, 0.05) is 23.3 Å². The molecule has 150 valence electrons. The molecule has 0 atom stereocenters. The molecular weight excluding hydrogens is 532 g/mol. The molecule has 0 amide bonds. The number of rotatable bonds is 4. The molecule has 2 heterocycles. The SMILES string of the molecule is O.[Br-].[Br-].c1cc(C[n+]2csc3ccccc32)cc(C[n+]2csc3ccccc32)c1. The van der Waals surface area contributed by atoms with Crippen LogP contribution in [0.2, 0.25) is 0 Å². The third-order valence-corrected chi connectivity index (χ3v) is 6.58. The van der Waals surface area contributed by atoms with Crippen molar-refractivity contribution < 1.29 is 48.6 Å². The lowest BCUT2D eigenvalue weighted by atomic mass is 10.1. The van der Waals surface area contributed by atoms with E-state index in [4.69, 9.17) is 0 Å². The van der Waals surface area contributed by atoms with Crippen LogP contribution in [0.4, 0.5) is 0 Å². The Morgan fingerprint density at radius 2 is 1.03 bits per heavy atom. The first-order valence-electron chi connectivity index (χ1n) is 8.66. The first kappa shape index (κ1) is 23.6. The number of halogens is 2. The highest BCUT2D eigenvalue weighted by atomic mass is 79.9. The second-order valence-electron chi connectivity index (χ2n) is 6.46. The fraction of sp³-hybridized carbons (Fsp3) is 0.0909. The molecule has 5 rings (SSSR count). The summed E-state index contributed by atoms with van der Waals surface area (Å²) in [7, 11) is 0. The zero-order valence-electron chi connectivity index (χ0n) is 15.5. The summed E-state index contributed by atoms with van der Waals surface area (Å²) in [6.45, 7) is 1.82. The van der Waals surface area contributed by atoms with Crippen LogP contribution < -0.4 is 43.1 Å². The lowest BCUT2D eigenvalue weighted by Crippen LogP contribution is -3.00. The van der Waals surface area contributed by atoms with Crippen molar-refractivity contribution in [3.8, 4) is 0 Å². The van der Waals surface area contributed by atoms with Crippen LogP contribution in [0.1, 0.15) is 11.1 Å². The summed E-state index contributed by atoms with van der Waals surface area (Å²) in [5.41, 5.74) is 9.74. The van der Waals surface area contributed by atoms with Gasteiger partial charge < -0.3 is 39.4 Å². The molecule has 0 unspecified atom stereocenters. The number of nitrogens with zero attached hydrogens (tertiary/aromatic N) is 2. The monoisotopic (exact) mass is 550 g/mol. The predicted molar refractivity (Wildman–Crippen MR) is 112 cm³/mol. The van der Waals surface area contributed by atoms with E-state index in [1.54, 1.807) is 22.7 Å². The molecule has 0 aliphatic carbocycles. The van der Waals surface area contributed by atoms with E-state index in [9.17, 15) is 0 Å². The van der Waals surface area contributed by atoms with Crippen molar-refractivity contribution in [2.24, 2.45) is 0 Å². The Balaban J connectivity index is 0.000001000. The molecule has 0 saturated heterocycles. The number of hydrogen-bond acceptors (Lipinski definition) is 2. The molecule has 7 heteroatoms. The van der Waals surface area contributed by atoms with Crippen molar-refractivity contribution in [1.29, 1.82) is 0 Å². The smallest absolute Gasteiger partial charge is 0.226 e. The molecule has 3 aromatic carbocycles. The predicted octanol–water partition coefficient (Wildman–Crippen LogP) is -2.03. The summed E-state index contributed by atoms with van der Waals surface area (Å²) in [6.07, 6.45) is 0. The minimum atomic E-state index is 0. The Morgan fingerprint density at radius 3 is 1.52 bits per heavy atom. The minimum Gasteiger partial charge on any atom is -1.00 e. The molecule has 0 aliphatic heterocycles. The maximum absolute atomic E-state index is 2.34. The van der Waals surface area contributed by atoms with Crippen molar-refractivity contribution >= 4 is 43.1 Å². The van der Waals surface area contributed by atoms with E-state index in [1.165, 1.54) is 31.6 Å². The van der Waals surface area contributed by atoms with E-state index in [-0.39, 0.29) is 39.4 Å². The minimum absolute atomic E-state index is 0. The van der Waals surface area contributed by atoms with E-state index in [0.717, 1.165) is 13.1 Å². The standard InChI is InChI=1S/C22H18N2S2.2BrH.H2O/c1-3-10-21-19(8-1)23(15-25-21)13-17-6-5-7-18(12-17)14-24-16-26-22-11-4-2-9-20(22)24;;;/h1-12,15-16H,13-14H2;2*1H;1H2/q+2;;;/p-2. The Labute approximate surface area is 198 Å². The Bertz CT molecular complexity index is 1130. The highest BCUT2D eigenvalue weighted by Crippen LogP contribution is 2.17. The van der Waals surface area contributed by atoms with Crippen LogP contribution in [0.15, 0.2) is 83.8 Å². The van der Waals surface area contributed by atoms with E-state index in [1.807, 2.05) is 0 Å². The maximum Gasteiger partial charge on any atom is 0.226 e. The zero-order chi connectivity index (χ0) is 17.3. The van der Waals surface area contributed by atoms with Gasteiger partial charge in [-0.25, -0.2) is 0 Å². The summed E-state index contributed by atoms with van der Waals surface area (Å²) in [5, 5.41) is 0. The van der Waals surface area contributed by atoms with Crippen LogP contribution in [0.3, 0.4) is 0 Å². The quantitative estimate of drug-likeness (QED) is 0.231. The van der Waals surface area contributed by atoms with Gasteiger partial charge in [0.05, 0.1) is 0 Å². The van der Waals surface area contributed by atoms with E-state index < -0.39 is 0 Å². The molecular formula is C22H20Br2N2OS2. The van der Waals surface area contributed by atoms with Gasteiger partial charge in [0.1, 0.15) is 9.40 Å². The Kier molecular flexibility index (Phi) is 8.48. The summed E-state index contributed by atoms with van der Waals surface area (Å²) in [6, 6.07) is 26.1. The van der Waals surface area contributed by atoms with Gasteiger partial charge in [-0.2, -0.15) is 9.13 Å². The summed E-state index contributed by atoms with van der Waals surface area (Å²) in [5.74, 6) is 0. The number of thiazole rings is 2. The maximum atomic E-state index is 2.34. The molecule has 0 saturated carbocycles. The lowest BCUT2D eigenvalue weighted by Gasteiger charge is -2.01. The van der Waals surface area contributed by atoms with Gasteiger partial charge >= 0.3 is 0 Å². The fourth-order valence-corrected chi connectivity index (χ4v) is 5.19. The zero-order valence-corrected chi connectivity index (χ0v) is 20.3. The molecule has 2 N–H and O–H groups in total. The van der Waals surface area contributed by atoms with Crippen LogP contribution in [0, 0.1) is 0 Å². The van der Waals surface area contributed by atoms with Crippen molar-refractivity contribution in [3.63, 3.8) is 0 Å². The number of para-hydroxylation sites is 2. The first-order chi connectivity index (χ1) is 12.9. The van der Waals surface area contributed by atoms with Crippen LogP contribution in [0.5, 0.6) is 0 Å². The van der Waals surface area contributed by atoms with Crippen molar-refractivity contribution in [2.75, 3.05) is 0 Å². The van der Waals surface area contributed by atoms with Crippen LogP contribution in [0.25, 0.3) is 20.4 Å². The average molecular weight is 552 g/mol. The average Bonchev–Trinajstić information content (AvgIpc) is 3.27. The lowest BCUT2D eigenvalue weighted by molar-refractivity contribution is -0.659. The molecule has 0 radical (unpaired) electrons. The van der Waals surface area contributed by atoms with Crippen LogP contribution >= 0.6 is 22.7 Å². The number of aromatic nitrogens is 2. The van der Waals surface area contributed by atoms with Gasteiger partial charge in [0.15, 0.2) is 13.1 Å². The molecule has 29 heavy (non-hydrogen) atoms. The largest absolute Gasteiger partial charge is 1.00 e. The highest BCUT2D eigenvalue weighted by Gasteiger charge is 2.14. The van der Waals surface area contributed by atoms with Crippen molar-refractivity contribution in [3.05, 3.63) is 94.9 Å². The van der Waals surface area contributed by atoms with E-state index >= 15 is 0 Å². The Morgan fingerprint density at radius 1 is 0.586 bits per heavy atom. The molecule has 3 nitrogen and oxygen atoms in total. The second-order valence-corrected chi connectivity index (χ2v) is 8.23. The van der Waals surface area contributed by atoms with Gasteiger partial charge in [0.25, 0.3) is 0 Å². The Hall–Kier alpha value is -1.64. The van der Waals surface area contributed by atoms with Gasteiger partial charge in [-0.15, -0.1) is 0 Å². The van der Waals surface area contributed by atoms with Crippen LogP contribution in [-0.2, 0) is 13.1 Å². The summed E-state index contributed by atoms with van der Waals surface area (Å²) < 4.78 is 7.35. The summed E-state index contributed by atoms with van der Waals surface area (Å²) >= 11 is 3.61. The highest BCUT2D eigenvalue weighted by molar-refractivity contribution is 7.16. The van der Waals surface area contributed by atoms with Gasteiger partial charge in [-0.1, -0.05) is 65.1 Å². The molecule has 0 fully saturated rings. The summed E-state index contributed by atoms with van der Waals surface area (Å²) in [4.78, 5) is 0. The number of fused-ring (bicyclic) bond motifs is 2. The molecule has 0 spiro atoms. The molecule has 0 aliphatic rings. The van der Waals surface area contributed by atoms with Crippen molar-refractivity contribution in [2.45, 2.75) is 13.1 Å². The van der Waals surface area contributed by atoms with Gasteiger partial charge in [0.2, 0.25) is 22.1 Å². The number of hydrogen-bond donors (Lipinski definition) is 0. The molecule has 5 aromatic rings. The van der Waals surface area contributed by atoms with Gasteiger partial charge in [-0.3, -0.25) is 0 Å². The molecule has 0 bridgehead atoms. The third-order valence-electron chi connectivity index (χ3n) is 4.66. The van der Waals surface area contributed by atoms with E-state index in [0.29, 0.717) is 0 Å². The normalized spacial score (nSPS) is 10.2. The second kappa shape index (κ2) is 10.4. The van der Waals surface area contributed by atoms with Crippen LogP contribution in [-0.4, -0.2) is 5.48 Å². The topological polar surface area (TPSA) is 39.3 Å². The van der Waals surface area contributed by atoms with Gasteiger partial charge in [-0.05, 0) is 18.2 Å². The van der Waals surface area contributed by atoms with E-state index in [2.05, 4.69) is 93.0 Å².